The van der Waals surface area contributed by atoms with E-state index in [-0.39, 0.29) is 23.5 Å². The van der Waals surface area contributed by atoms with Crippen LogP contribution in [0.2, 0.25) is 0 Å². The number of hydrogen-bond acceptors (Lipinski definition) is 2. The van der Waals surface area contributed by atoms with Gasteiger partial charge in [-0.3, -0.25) is 9.64 Å². The Morgan fingerprint density at radius 1 is 1.56 bits per heavy atom. The van der Waals surface area contributed by atoms with Crippen molar-refractivity contribution < 1.29 is 4.79 Å². The molecule has 1 spiro atoms. The third-order valence-corrected chi connectivity index (χ3v) is 3.81. The van der Waals surface area contributed by atoms with Gasteiger partial charge in [0.15, 0.2) is 0 Å². The van der Waals surface area contributed by atoms with Crippen LogP contribution in [0.4, 0.5) is 0 Å². The molecule has 4 nitrogen and oxygen atoms in total. The highest BCUT2D eigenvalue weighted by molar-refractivity contribution is 5.86. The third kappa shape index (κ3) is 1.60. The first-order valence-corrected chi connectivity index (χ1v) is 5.92. The largest absolute Gasteiger partial charge is 0.353 e. The van der Waals surface area contributed by atoms with E-state index >= 15 is 0 Å². The summed E-state index contributed by atoms with van der Waals surface area (Å²) in [5, 5.41) is 2.99. The highest BCUT2D eigenvalue weighted by Gasteiger charge is 2.56. The summed E-state index contributed by atoms with van der Waals surface area (Å²) < 4.78 is 0. The fraction of sp³-hybridized carbons (Fsp3) is 0.833. The molecule has 2 heterocycles. The first-order valence-electron chi connectivity index (χ1n) is 5.92. The van der Waals surface area contributed by atoms with E-state index in [4.69, 9.17) is 6.57 Å². The van der Waals surface area contributed by atoms with E-state index in [9.17, 15) is 4.79 Å². The van der Waals surface area contributed by atoms with Crippen LogP contribution in [0.1, 0.15) is 33.6 Å². The molecule has 0 aromatic rings. The van der Waals surface area contributed by atoms with Crippen molar-refractivity contribution in [2.75, 3.05) is 6.54 Å². The number of nitrogens with one attached hydrogen (secondary N) is 1. The van der Waals surface area contributed by atoms with E-state index in [2.05, 4.69) is 28.9 Å². The van der Waals surface area contributed by atoms with E-state index in [1.54, 1.807) is 0 Å². The Kier molecular flexibility index (Phi) is 2.67. The Balaban J connectivity index is 2.22. The molecule has 0 radical (unpaired) electrons. The van der Waals surface area contributed by atoms with Crippen LogP contribution in [0, 0.1) is 12.0 Å². The molecule has 4 heteroatoms. The number of rotatable bonds is 1. The molecular formula is C12H19N3O. The summed E-state index contributed by atoms with van der Waals surface area (Å²) in [6, 6.07) is 0.591. The second-order valence-electron chi connectivity index (χ2n) is 5.44. The molecule has 0 aliphatic carbocycles. The molecule has 0 saturated carbocycles. The van der Waals surface area contributed by atoms with Gasteiger partial charge >= 0.3 is 0 Å². The van der Waals surface area contributed by atoms with Gasteiger partial charge in [0.25, 0.3) is 6.17 Å². The monoisotopic (exact) mass is 221 g/mol. The number of amides is 1. The number of likely N-dealkylation sites (tertiary alicyclic amines) is 1. The summed E-state index contributed by atoms with van der Waals surface area (Å²) in [4.78, 5) is 17.8. The second kappa shape index (κ2) is 3.74. The summed E-state index contributed by atoms with van der Waals surface area (Å²) in [5.41, 5.74) is -0.293. The molecule has 88 valence electrons. The zero-order chi connectivity index (χ0) is 11.9. The Morgan fingerprint density at radius 2 is 2.25 bits per heavy atom. The van der Waals surface area contributed by atoms with Gasteiger partial charge in [0.1, 0.15) is 0 Å². The van der Waals surface area contributed by atoms with Crippen molar-refractivity contribution in [1.82, 2.24) is 10.2 Å². The maximum Gasteiger partial charge on any atom is 0.281 e. The molecule has 16 heavy (non-hydrogen) atoms. The van der Waals surface area contributed by atoms with Crippen molar-refractivity contribution in [1.29, 1.82) is 0 Å². The number of carbonyl (C=O) groups excluding carboxylic acids is 1. The molecule has 2 rings (SSSR count). The zero-order valence-electron chi connectivity index (χ0n) is 10.2. The molecule has 3 atom stereocenters. The number of hydrogen-bond donors (Lipinski definition) is 1. The van der Waals surface area contributed by atoms with Crippen molar-refractivity contribution in [3.8, 4) is 0 Å². The molecule has 1 unspecified atom stereocenters. The highest BCUT2D eigenvalue weighted by atomic mass is 16.2. The highest BCUT2D eigenvalue weighted by Crippen LogP contribution is 2.43. The molecule has 1 amide bonds. The molecule has 1 N–H and O–H groups in total. The van der Waals surface area contributed by atoms with Gasteiger partial charge in [-0.25, -0.2) is 11.5 Å². The van der Waals surface area contributed by atoms with E-state index in [0.717, 1.165) is 13.0 Å². The molecule has 0 aromatic heterocycles. The van der Waals surface area contributed by atoms with E-state index in [1.165, 1.54) is 0 Å². The summed E-state index contributed by atoms with van der Waals surface area (Å²) >= 11 is 0. The van der Waals surface area contributed by atoms with Crippen LogP contribution in [-0.4, -0.2) is 35.6 Å². The maximum atomic E-state index is 12.0. The van der Waals surface area contributed by atoms with Crippen LogP contribution in [0.25, 0.3) is 4.85 Å². The van der Waals surface area contributed by atoms with Gasteiger partial charge in [0, 0.05) is 18.6 Å². The van der Waals surface area contributed by atoms with Crippen molar-refractivity contribution in [2.45, 2.75) is 51.9 Å². The predicted octanol–water partition coefficient (Wildman–Crippen LogP) is 1.24. The van der Waals surface area contributed by atoms with Gasteiger partial charge in [0.2, 0.25) is 5.91 Å². The van der Waals surface area contributed by atoms with E-state index in [1.807, 2.05) is 6.92 Å². The second-order valence-corrected chi connectivity index (χ2v) is 5.44. The Hall–Kier alpha value is -1.08. The average molecular weight is 221 g/mol. The van der Waals surface area contributed by atoms with Gasteiger partial charge in [-0.05, 0) is 27.2 Å². The van der Waals surface area contributed by atoms with E-state index in [0.29, 0.717) is 12.5 Å². The minimum absolute atomic E-state index is 0.115. The van der Waals surface area contributed by atoms with Gasteiger partial charge in [-0.1, -0.05) is 0 Å². The summed E-state index contributed by atoms with van der Waals surface area (Å²) in [7, 11) is 0. The minimum Gasteiger partial charge on any atom is -0.353 e. The molecule has 2 saturated heterocycles. The van der Waals surface area contributed by atoms with Gasteiger partial charge in [-0.15, -0.1) is 0 Å². The lowest BCUT2D eigenvalue weighted by molar-refractivity contribution is -0.127. The summed E-state index contributed by atoms with van der Waals surface area (Å²) in [6.45, 7) is 14.2. The van der Waals surface area contributed by atoms with Crippen LogP contribution < -0.4 is 5.32 Å². The van der Waals surface area contributed by atoms with Gasteiger partial charge < -0.3 is 5.32 Å². The standard InChI is InChI=1S/C12H19N3O/c1-8(2)15-7-12(6-10(15)13-4)5-9(3)14-11(12)16/h8-10H,5-7H2,1-3H3,(H,14,16)/t9?,10-,12-/m0/s1. The molecular weight excluding hydrogens is 202 g/mol. The normalized spacial score (nSPS) is 39.3. The van der Waals surface area contributed by atoms with Crippen LogP contribution in [0.5, 0.6) is 0 Å². The first kappa shape index (κ1) is 11.4. The fourth-order valence-corrected chi connectivity index (χ4v) is 3.05. The predicted molar refractivity (Wildman–Crippen MR) is 61.5 cm³/mol. The van der Waals surface area contributed by atoms with Crippen LogP contribution in [-0.2, 0) is 4.79 Å². The molecule has 0 bridgehead atoms. The molecule has 2 aliphatic heterocycles. The topological polar surface area (TPSA) is 36.7 Å². The lowest BCUT2D eigenvalue weighted by Gasteiger charge is -2.22. The SMILES string of the molecule is [C-]#[N+][C@@H]1C[C@@]2(CC(C)NC2=O)CN1C(C)C. The lowest BCUT2D eigenvalue weighted by atomic mass is 9.83. The van der Waals surface area contributed by atoms with Gasteiger partial charge in [0.05, 0.1) is 11.8 Å². The van der Waals surface area contributed by atoms with Crippen LogP contribution in [0.3, 0.4) is 0 Å². The van der Waals surface area contributed by atoms with Gasteiger partial charge in [-0.2, -0.15) is 0 Å². The zero-order valence-corrected chi connectivity index (χ0v) is 10.2. The van der Waals surface area contributed by atoms with Crippen LogP contribution in [0.15, 0.2) is 0 Å². The Labute approximate surface area is 96.8 Å². The molecule has 2 aliphatic rings. The summed E-state index contributed by atoms with van der Waals surface area (Å²) in [5.74, 6) is 0.150. The quantitative estimate of drug-likeness (QED) is 0.676. The molecule has 2 fully saturated rings. The van der Waals surface area contributed by atoms with Crippen LogP contribution >= 0.6 is 0 Å². The Morgan fingerprint density at radius 3 is 2.62 bits per heavy atom. The average Bonchev–Trinajstić information content (AvgIpc) is 2.69. The maximum absolute atomic E-state index is 12.0. The third-order valence-electron chi connectivity index (χ3n) is 3.81. The first-order chi connectivity index (χ1) is 7.48. The number of nitrogens with zero attached hydrogens (tertiary/aromatic N) is 2. The summed E-state index contributed by atoms with van der Waals surface area (Å²) in [6.07, 6.45) is 1.46. The Bertz CT molecular complexity index is 347. The fourth-order valence-electron chi connectivity index (χ4n) is 3.05. The van der Waals surface area contributed by atoms with Crippen molar-refractivity contribution in [2.24, 2.45) is 5.41 Å². The van der Waals surface area contributed by atoms with Crippen molar-refractivity contribution >= 4 is 5.91 Å². The van der Waals surface area contributed by atoms with Crippen molar-refractivity contribution in [3.63, 3.8) is 0 Å². The van der Waals surface area contributed by atoms with Crippen molar-refractivity contribution in [3.05, 3.63) is 11.4 Å². The smallest absolute Gasteiger partial charge is 0.281 e. The minimum atomic E-state index is -0.293. The molecule has 0 aromatic carbocycles. The number of carbonyl (C=O) groups is 1. The van der Waals surface area contributed by atoms with E-state index < -0.39 is 0 Å². The lowest BCUT2D eigenvalue weighted by Crippen LogP contribution is -2.37.